The number of anilines is 1. The Kier molecular flexibility index (Phi) is 3.31. The quantitative estimate of drug-likeness (QED) is 0.772. The van der Waals surface area contributed by atoms with E-state index < -0.39 is 6.09 Å². The van der Waals surface area contributed by atoms with Crippen LogP contribution < -0.4 is 5.32 Å². The van der Waals surface area contributed by atoms with Crippen LogP contribution in [0.25, 0.3) is 22.6 Å². The molecule has 0 unspecified atom stereocenters. The Bertz CT molecular complexity index is 808. The zero-order chi connectivity index (χ0) is 14.8. The molecule has 1 N–H and O–H groups in total. The first-order chi connectivity index (χ1) is 10.2. The van der Waals surface area contributed by atoms with E-state index in [-0.39, 0.29) is 0 Å². The molecule has 3 rings (SSSR count). The second-order valence-corrected chi connectivity index (χ2v) is 4.65. The smallest absolute Gasteiger partial charge is 0.411 e. The summed E-state index contributed by atoms with van der Waals surface area (Å²) in [5.74, 6) is 0.461. The number of hydrogen-bond donors (Lipinski definition) is 1. The van der Waals surface area contributed by atoms with Crippen LogP contribution in [0.1, 0.15) is 5.56 Å². The molecule has 0 radical (unpaired) electrons. The highest BCUT2D eigenvalue weighted by Crippen LogP contribution is 2.30. The van der Waals surface area contributed by atoms with E-state index in [0.29, 0.717) is 22.7 Å². The van der Waals surface area contributed by atoms with Crippen molar-refractivity contribution in [1.29, 1.82) is 0 Å². The molecule has 5 heteroatoms. The summed E-state index contributed by atoms with van der Waals surface area (Å²) >= 11 is 0. The number of oxazole rings is 1. The number of methoxy groups -OCH3 is 1. The monoisotopic (exact) mass is 282 g/mol. The average Bonchev–Trinajstić information content (AvgIpc) is 2.90. The minimum atomic E-state index is -0.533. The summed E-state index contributed by atoms with van der Waals surface area (Å²) in [6.07, 6.45) is -0.533. The number of carbonyl (C=O) groups is 1. The number of carbonyl (C=O) groups excluding carboxylic acids is 1. The lowest BCUT2D eigenvalue weighted by Crippen LogP contribution is -2.11. The van der Waals surface area contributed by atoms with Crippen molar-refractivity contribution in [1.82, 2.24) is 4.98 Å². The Labute approximate surface area is 121 Å². The van der Waals surface area contributed by atoms with Crippen LogP contribution in [0, 0.1) is 6.92 Å². The van der Waals surface area contributed by atoms with Gasteiger partial charge in [-0.15, -0.1) is 0 Å². The average molecular weight is 282 g/mol. The first-order valence-corrected chi connectivity index (χ1v) is 6.49. The third-order valence-electron chi connectivity index (χ3n) is 3.12. The van der Waals surface area contributed by atoms with Crippen molar-refractivity contribution in [2.75, 3.05) is 12.4 Å². The Morgan fingerprint density at radius 2 is 2.05 bits per heavy atom. The van der Waals surface area contributed by atoms with Gasteiger partial charge in [0.25, 0.3) is 0 Å². The van der Waals surface area contributed by atoms with Gasteiger partial charge in [0.05, 0.1) is 18.4 Å². The third-order valence-corrected chi connectivity index (χ3v) is 3.12. The van der Waals surface area contributed by atoms with Crippen molar-refractivity contribution < 1.29 is 13.9 Å². The Morgan fingerprint density at radius 3 is 2.86 bits per heavy atom. The molecule has 0 saturated carbocycles. The van der Waals surface area contributed by atoms with Crippen LogP contribution >= 0.6 is 0 Å². The fourth-order valence-corrected chi connectivity index (χ4v) is 2.09. The number of benzene rings is 2. The van der Waals surface area contributed by atoms with Crippen molar-refractivity contribution in [2.24, 2.45) is 0 Å². The highest BCUT2D eigenvalue weighted by atomic mass is 16.5. The predicted molar refractivity (Wildman–Crippen MR) is 80.2 cm³/mol. The number of hydrogen-bond acceptors (Lipinski definition) is 4. The second-order valence-electron chi connectivity index (χ2n) is 4.65. The van der Waals surface area contributed by atoms with E-state index in [2.05, 4.69) is 15.0 Å². The molecule has 1 aromatic heterocycles. The van der Waals surface area contributed by atoms with Gasteiger partial charge in [-0.1, -0.05) is 18.2 Å². The number of para-hydroxylation sites is 1. The Hall–Kier alpha value is -2.82. The number of nitrogens with zero attached hydrogens (tertiary/aromatic N) is 1. The number of amides is 1. The van der Waals surface area contributed by atoms with Gasteiger partial charge in [0.1, 0.15) is 5.52 Å². The van der Waals surface area contributed by atoms with Crippen LogP contribution in [-0.2, 0) is 4.74 Å². The molecule has 0 spiro atoms. The number of rotatable bonds is 2. The van der Waals surface area contributed by atoms with E-state index in [4.69, 9.17) is 4.42 Å². The Balaban J connectivity index is 2.07. The van der Waals surface area contributed by atoms with E-state index in [1.165, 1.54) is 7.11 Å². The molecular formula is C16H14N2O3. The number of ether oxygens (including phenoxy) is 1. The highest BCUT2D eigenvalue weighted by molar-refractivity contribution is 5.91. The van der Waals surface area contributed by atoms with E-state index in [9.17, 15) is 4.79 Å². The maximum absolute atomic E-state index is 11.4. The predicted octanol–water partition coefficient (Wildman–Crippen LogP) is 3.98. The minimum absolute atomic E-state index is 0.461. The lowest BCUT2D eigenvalue weighted by atomic mass is 10.2. The lowest BCUT2D eigenvalue weighted by Gasteiger charge is -2.07. The van der Waals surface area contributed by atoms with E-state index >= 15 is 0 Å². The van der Waals surface area contributed by atoms with Gasteiger partial charge in [-0.25, -0.2) is 9.78 Å². The molecule has 0 aliphatic carbocycles. The van der Waals surface area contributed by atoms with Gasteiger partial charge >= 0.3 is 6.09 Å². The highest BCUT2D eigenvalue weighted by Gasteiger charge is 2.13. The second kappa shape index (κ2) is 5.28. The topological polar surface area (TPSA) is 64.4 Å². The van der Waals surface area contributed by atoms with Gasteiger partial charge in [-0.2, -0.15) is 0 Å². The van der Waals surface area contributed by atoms with Crippen molar-refractivity contribution in [3.63, 3.8) is 0 Å². The van der Waals surface area contributed by atoms with Crippen molar-refractivity contribution >= 4 is 22.9 Å². The summed E-state index contributed by atoms with van der Waals surface area (Å²) in [5.41, 5.74) is 3.91. The van der Waals surface area contributed by atoms with Gasteiger partial charge in [-0.05, 0) is 36.8 Å². The van der Waals surface area contributed by atoms with Crippen LogP contribution in [0.5, 0.6) is 0 Å². The van der Waals surface area contributed by atoms with Crippen LogP contribution in [0.15, 0.2) is 46.9 Å². The molecule has 0 saturated heterocycles. The Morgan fingerprint density at radius 1 is 1.24 bits per heavy atom. The molecule has 0 fully saturated rings. The van der Waals surface area contributed by atoms with Crippen molar-refractivity contribution in [2.45, 2.75) is 6.92 Å². The SMILES string of the molecule is COC(=O)Nc1ccccc1-c1nc2cc(C)ccc2o1. The normalized spacial score (nSPS) is 10.6. The molecule has 0 aliphatic heterocycles. The molecule has 3 aromatic rings. The number of aryl methyl sites for hydroxylation is 1. The fraction of sp³-hybridized carbons (Fsp3) is 0.125. The zero-order valence-electron chi connectivity index (χ0n) is 11.7. The van der Waals surface area contributed by atoms with E-state index in [1.54, 1.807) is 6.07 Å². The van der Waals surface area contributed by atoms with Gasteiger partial charge in [0.15, 0.2) is 5.58 Å². The third kappa shape index (κ3) is 2.58. The number of nitrogens with one attached hydrogen (secondary N) is 1. The largest absolute Gasteiger partial charge is 0.453 e. The maximum Gasteiger partial charge on any atom is 0.411 e. The van der Waals surface area contributed by atoms with Gasteiger partial charge in [0, 0.05) is 0 Å². The fourth-order valence-electron chi connectivity index (χ4n) is 2.09. The number of aromatic nitrogens is 1. The van der Waals surface area contributed by atoms with Gasteiger partial charge < -0.3 is 9.15 Å². The summed E-state index contributed by atoms with van der Waals surface area (Å²) in [6, 6.07) is 13.1. The molecule has 21 heavy (non-hydrogen) atoms. The van der Waals surface area contributed by atoms with Gasteiger partial charge in [0.2, 0.25) is 5.89 Å². The molecule has 5 nitrogen and oxygen atoms in total. The van der Waals surface area contributed by atoms with Crippen LogP contribution in [0.4, 0.5) is 10.5 Å². The molecule has 1 amide bonds. The van der Waals surface area contributed by atoms with E-state index in [1.807, 2.05) is 43.3 Å². The molecule has 2 aromatic carbocycles. The molecule has 106 valence electrons. The molecular weight excluding hydrogens is 268 g/mol. The molecule has 1 heterocycles. The van der Waals surface area contributed by atoms with Crippen molar-refractivity contribution in [3.8, 4) is 11.5 Å². The summed E-state index contributed by atoms with van der Waals surface area (Å²) in [6.45, 7) is 2.00. The zero-order valence-corrected chi connectivity index (χ0v) is 11.7. The van der Waals surface area contributed by atoms with Crippen molar-refractivity contribution in [3.05, 3.63) is 48.0 Å². The first kappa shape index (κ1) is 13.2. The number of fused-ring (bicyclic) bond motifs is 1. The van der Waals surface area contributed by atoms with Crippen LogP contribution in [0.3, 0.4) is 0 Å². The summed E-state index contributed by atoms with van der Waals surface area (Å²) in [7, 11) is 1.32. The molecule has 0 bridgehead atoms. The molecule has 0 atom stereocenters. The van der Waals surface area contributed by atoms with Crippen LogP contribution in [-0.4, -0.2) is 18.2 Å². The first-order valence-electron chi connectivity index (χ1n) is 6.49. The molecule has 0 aliphatic rings. The lowest BCUT2D eigenvalue weighted by molar-refractivity contribution is 0.187. The standard InChI is InChI=1S/C16H14N2O3/c1-10-7-8-14-13(9-10)17-15(21-14)11-5-3-4-6-12(11)18-16(19)20-2/h3-9H,1-2H3,(H,18,19). The summed E-state index contributed by atoms with van der Waals surface area (Å²) in [5, 5.41) is 2.65. The van der Waals surface area contributed by atoms with Gasteiger partial charge in [-0.3, -0.25) is 5.32 Å². The minimum Gasteiger partial charge on any atom is -0.453 e. The maximum atomic E-state index is 11.4. The summed E-state index contributed by atoms with van der Waals surface area (Å²) < 4.78 is 10.4. The summed E-state index contributed by atoms with van der Waals surface area (Å²) in [4.78, 5) is 15.9. The van der Waals surface area contributed by atoms with Crippen LogP contribution in [0.2, 0.25) is 0 Å². The van der Waals surface area contributed by atoms with E-state index in [0.717, 1.165) is 11.1 Å².